The molecule has 0 saturated heterocycles. The molecule has 0 bridgehead atoms. The van der Waals surface area contributed by atoms with Crippen molar-refractivity contribution >= 4 is 17.0 Å². The van der Waals surface area contributed by atoms with Crippen molar-refractivity contribution in [2.75, 3.05) is 0 Å². The molecule has 4 heteroatoms. The minimum Gasteiger partial charge on any atom is -0.441 e. The normalized spacial score (nSPS) is 11.8. The minimum absolute atomic E-state index is 0.0407. The maximum absolute atomic E-state index is 11.8. The van der Waals surface area contributed by atoms with Gasteiger partial charge in [0, 0.05) is 18.9 Å². The van der Waals surface area contributed by atoms with E-state index in [4.69, 9.17) is 4.42 Å². The molecule has 2 aromatic rings. The second-order valence-electron chi connectivity index (χ2n) is 5.47. The number of aryl methyl sites for hydroxylation is 1. The molecule has 1 aromatic carbocycles. The van der Waals surface area contributed by atoms with E-state index >= 15 is 0 Å². The fraction of sp³-hybridized carbons (Fsp3) is 0.429. The average molecular weight is 246 g/mol. The van der Waals surface area contributed by atoms with Gasteiger partial charge in [-0.05, 0) is 17.7 Å². The van der Waals surface area contributed by atoms with E-state index in [9.17, 15) is 4.79 Å². The zero-order valence-corrected chi connectivity index (χ0v) is 11.2. The van der Waals surface area contributed by atoms with Crippen LogP contribution in [-0.2, 0) is 11.3 Å². The van der Waals surface area contributed by atoms with Gasteiger partial charge >= 0.3 is 0 Å². The van der Waals surface area contributed by atoms with E-state index in [1.165, 1.54) is 0 Å². The number of aromatic nitrogens is 1. The molecule has 0 unspecified atom stereocenters. The highest BCUT2D eigenvalue weighted by Gasteiger charge is 2.20. The van der Waals surface area contributed by atoms with Crippen LogP contribution in [0, 0.1) is 12.3 Å². The first-order valence-corrected chi connectivity index (χ1v) is 6.00. The molecule has 1 aromatic heterocycles. The molecule has 4 nitrogen and oxygen atoms in total. The van der Waals surface area contributed by atoms with Gasteiger partial charge in [0.2, 0.25) is 5.91 Å². The number of benzene rings is 1. The van der Waals surface area contributed by atoms with Gasteiger partial charge in [0.05, 0.1) is 0 Å². The smallest absolute Gasteiger partial charge is 0.225 e. The van der Waals surface area contributed by atoms with Crippen molar-refractivity contribution in [2.24, 2.45) is 5.41 Å². The molecule has 0 saturated carbocycles. The average Bonchev–Trinajstić information content (AvgIpc) is 2.63. The molecule has 0 aliphatic rings. The highest BCUT2D eigenvalue weighted by molar-refractivity contribution is 5.81. The number of fused-ring (bicyclic) bond motifs is 1. The van der Waals surface area contributed by atoms with Gasteiger partial charge in [-0.3, -0.25) is 4.79 Å². The zero-order valence-electron chi connectivity index (χ0n) is 11.2. The maximum Gasteiger partial charge on any atom is 0.225 e. The van der Waals surface area contributed by atoms with Crippen LogP contribution in [0.4, 0.5) is 0 Å². The molecular weight excluding hydrogens is 228 g/mol. The molecule has 1 amide bonds. The topological polar surface area (TPSA) is 55.1 Å². The molecule has 0 aliphatic carbocycles. The molecule has 0 fully saturated rings. The van der Waals surface area contributed by atoms with Crippen molar-refractivity contribution in [3.63, 3.8) is 0 Å². The first-order chi connectivity index (χ1) is 8.36. The second-order valence-corrected chi connectivity index (χ2v) is 5.47. The van der Waals surface area contributed by atoms with Gasteiger partial charge in [0.1, 0.15) is 5.52 Å². The summed E-state index contributed by atoms with van der Waals surface area (Å²) in [6.45, 7) is 8.02. The van der Waals surface area contributed by atoms with E-state index in [1.807, 2.05) is 45.9 Å². The lowest BCUT2D eigenvalue weighted by Crippen LogP contribution is -2.34. The Morgan fingerprint density at radius 1 is 1.39 bits per heavy atom. The van der Waals surface area contributed by atoms with E-state index in [0.717, 1.165) is 16.7 Å². The number of carbonyl (C=O) groups excluding carboxylic acids is 1. The van der Waals surface area contributed by atoms with Crippen LogP contribution in [-0.4, -0.2) is 10.9 Å². The fourth-order valence-corrected chi connectivity index (χ4v) is 1.65. The van der Waals surface area contributed by atoms with Crippen molar-refractivity contribution in [1.82, 2.24) is 10.3 Å². The number of rotatable bonds is 2. The highest BCUT2D eigenvalue weighted by Crippen LogP contribution is 2.17. The molecular formula is C14H18N2O2. The third-order valence-corrected chi connectivity index (χ3v) is 2.69. The minimum atomic E-state index is -0.366. The number of carbonyl (C=O) groups is 1. The Bertz CT molecular complexity index is 579. The van der Waals surface area contributed by atoms with Crippen LogP contribution in [0.25, 0.3) is 11.1 Å². The van der Waals surface area contributed by atoms with Gasteiger partial charge in [-0.2, -0.15) is 0 Å². The van der Waals surface area contributed by atoms with Gasteiger partial charge in [-0.1, -0.05) is 26.8 Å². The number of amides is 1. The van der Waals surface area contributed by atoms with Gasteiger partial charge < -0.3 is 9.73 Å². The quantitative estimate of drug-likeness (QED) is 0.886. The van der Waals surface area contributed by atoms with Crippen LogP contribution < -0.4 is 5.32 Å². The van der Waals surface area contributed by atoms with Crippen molar-refractivity contribution < 1.29 is 9.21 Å². The summed E-state index contributed by atoms with van der Waals surface area (Å²) in [5.74, 6) is 0.694. The Kier molecular flexibility index (Phi) is 3.11. The lowest BCUT2D eigenvalue weighted by Gasteiger charge is -2.17. The molecule has 0 aliphatic heterocycles. The number of hydrogen-bond donors (Lipinski definition) is 1. The summed E-state index contributed by atoms with van der Waals surface area (Å²) in [7, 11) is 0. The van der Waals surface area contributed by atoms with Crippen LogP contribution in [0.3, 0.4) is 0 Å². The lowest BCUT2D eigenvalue weighted by atomic mass is 9.95. The Hall–Kier alpha value is -1.84. The maximum atomic E-state index is 11.8. The molecule has 1 heterocycles. The van der Waals surface area contributed by atoms with Crippen molar-refractivity contribution in [3.8, 4) is 0 Å². The van der Waals surface area contributed by atoms with Crippen LogP contribution in [0.2, 0.25) is 0 Å². The summed E-state index contributed by atoms with van der Waals surface area (Å²) in [6.07, 6.45) is 0. The first-order valence-electron chi connectivity index (χ1n) is 6.00. The largest absolute Gasteiger partial charge is 0.441 e. The monoisotopic (exact) mass is 246 g/mol. The summed E-state index contributed by atoms with van der Waals surface area (Å²) in [5.41, 5.74) is 2.26. The zero-order chi connectivity index (χ0) is 13.3. The van der Waals surface area contributed by atoms with Gasteiger partial charge in [0.15, 0.2) is 11.5 Å². The van der Waals surface area contributed by atoms with Gasteiger partial charge in [-0.25, -0.2) is 4.98 Å². The highest BCUT2D eigenvalue weighted by atomic mass is 16.3. The number of oxazole rings is 1. The Morgan fingerprint density at radius 3 is 2.78 bits per heavy atom. The third-order valence-electron chi connectivity index (χ3n) is 2.69. The predicted molar refractivity (Wildman–Crippen MR) is 70.0 cm³/mol. The summed E-state index contributed by atoms with van der Waals surface area (Å²) in [6, 6.07) is 5.76. The van der Waals surface area contributed by atoms with Crippen LogP contribution in [0.15, 0.2) is 22.6 Å². The first kappa shape index (κ1) is 12.6. The molecule has 0 spiro atoms. The third kappa shape index (κ3) is 2.70. The SMILES string of the molecule is Cc1nc2cc(CNC(=O)C(C)(C)C)ccc2o1. The van der Waals surface area contributed by atoms with E-state index in [-0.39, 0.29) is 11.3 Å². The van der Waals surface area contributed by atoms with E-state index < -0.39 is 0 Å². The second kappa shape index (κ2) is 4.44. The van der Waals surface area contributed by atoms with Crippen molar-refractivity contribution in [3.05, 3.63) is 29.7 Å². The molecule has 0 atom stereocenters. The van der Waals surface area contributed by atoms with Gasteiger partial charge in [0.25, 0.3) is 0 Å². The molecule has 18 heavy (non-hydrogen) atoms. The Balaban J connectivity index is 2.10. The predicted octanol–water partition coefficient (Wildman–Crippen LogP) is 2.80. The van der Waals surface area contributed by atoms with Crippen molar-refractivity contribution in [2.45, 2.75) is 34.2 Å². The van der Waals surface area contributed by atoms with Crippen LogP contribution in [0.1, 0.15) is 32.2 Å². The van der Waals surface area contributed by atoms with E-state index in [2.05, 4.69) is 10.3 Å². The molecule has 0 radical (unpaired) electrons. The number of hydrogen-bond acceptors (Lipinski definition) is 3. The fourth-order valence-electron chi connectivity index (χ4n) is 1.65. The van der Waals surface area contributed by atoms with Crippen LogP contribution >= 0.6 is 0 Å². The van der Waals surface area contributed by atoms with Gasteiger partial charge in [-0.15, -0.1) is 0 Å². The van der Waals surface area contributed by atoms with Crippen LogP contribution in [0.5, 0.6) is 0 Å². The summed E-state index contributed by atoms with van der Waals surface area (Å²) >= 11 is 0. The molecule has 1 N–H and O–H groups in total. The number of nitrogens with one attached hydrogen (secondary N) is 1. The standard InChI is InChI=1S/C14H18N2O2/c1-9-16-11-7-10(5-6-12(11)18-9)8-15-13(17)14(2,3)4/h5-7H,8H2,1-4H3,(H,15,17). The lowest BCUT2D eigenvalue weighted by molar-refractivity contribution is -0.128. The summed E-state index contributed by atoms with van der Waals surface area (Å²) < 4.78 is 5.40. The molecule has 2 rings (SSSR count). The number of nitrogens with zero attached hydrogens (tertiary/aromatic N) is 1. The molecule has 96 valence electrons. The van der Waals surface area contributed by atoms with Crippen molar-refractivity contribution in [1.29, 1.82) is 0 Å². The van der Waals surface area contributed by atoms with E-state index in [1.54, 1.807) is 0 Å². The Labute approximate surface area is 106 Å². The summed E-state index contributed by atoms with van der Waals surface area (Å²) in [4.78, 5) is 16.0. The Morgan fingerprint density at radius 2 is 2.11 bits per heavy atom. The summed E-state index contributed by atoms with van der Waals surface area (Å²) in [5, 5.41) is 2.91. The van der Waals surface area contributed by atoms with E-state index in [0.29, 0.717) is 12.4 Å².